The number of fused-ring (bicyclic) bond motifs is 2. The van der Waals surface area contributed by atoms with Gasteiger partial charge in [-0.05, 0) is 32.3 Å². The van der Waals surface area contributed by atoms with Gasteiger partial charge in [0, 0.05) is 11.3 Å². The van der Waals surface area contributed by atoms with Crippen LogP contribution in [0.15, 0.2) is 11.6 Å². The van der Waals surface area contributed by atoms with E-state index in [9.17, 15) is 30.0 Å². The van der Waals surface area contributed by atoms with Crippen LogP contribution in [0.25, 0.3) is 0 Å². The van der Waals surface area contributed by atoms with Crippen LogP contribution in [0.4, 0.5) is 0 Å². The highest BCUT2D eigenvalue weighted by molar-refractivity contribution is 5.96. The Morgan fingerprint density at radius 2 is 1.86 bits per heavy atom. The van der Waals surface area contributed by atoms with Crippen molar-refractivity contribution in [2.45, 2.75) is 69.2 Å². The van der Waals surface area contributed by atoms with Gasteiger partial charge in [-0.15, -0.1) is 0 Å². The highest BCUT2D eigenvalue weighted by atomic mass is 16.6. The molecule has 0 aromatic heterocycles. The van der Waals surface area contributed by atoms with Gasteiger partial charge in [0.15, 0.2) is 5.78 Å². The van der Waals surface area contributed by atoms with Crippen molar-refractivity contribution in [3.8, 4) is 0 Å². The molecule has 5 aliphatic rings. The number of esters is 1. The summed E-state index contributed by atoms with van der Waals surface area (Å²) in [7, 11) is 0. The van der Waals surface area contributed by atoms with Crippen LogP contribution >= 0.6 is 0 Å². The maximum absolute atomic E-state index is 12.5. The van der Waals surface area contributed by atoms with Crippen LogP contribution in [-0.4, -0.2) is 74.4 Å². The summed E-state index contributed by atoms with van der Waals surface area (Å²) in [5, 5.41) is 45.0. The molecule has 2 saturated carbocycles. The van der Waals surface area contributed by atoms with Gasteiger partial charge in [0.05, 0.1) is 24.5 Å². The first kappa shape index (κ1) is 18.7. The summed E-state index contributed by atoms with van der Waals surface area (Å²) in [6, 6.07) is 0. The van der Waals surface area contributed by atoms with Gasteiger partial charge >= 0.3 is 5.97 Å². The number of carbonyl (C=O) groups excluding carboxylic acids is 2. The summed E-state index contributed by atoms with van der Waals surface area (Å²) < 4.78 is 11.6. The summed E-state index contributed by atoms with van der Waals surface area (Å²) >= 11 is 0. The van der Waals surface area contributed by atoms with Gasteiger partial charge < -0.3 is 29.9 Å². The molecule has 5 rings (SSSR count). The number of aliphatic hydroxyl groups is 4. The van der Waals surface area contributed by atoms with Gasteiger partial charge in [0.2, 0.25) is 0 Å². The average Bonchev–Trinajstić information content (AvgIpc) is 2.79. The zero-order chi connectivity index (χ0) is 20.4. The summed E-state index contributed by atoms with van der Waals surface area (Å²) in [5.74, 6) is -2.31. The third-order valence-electron chi connectivity index (χ3n) is 8.88. The molecule has 0 aromatic rings. The molecule has 154 valence electrons. The van der Waals surface area contributed by atoms with E-state index in [4.69, 9.17) is 9.47 Å². The quantitative estimate of drug-likeness (QED) is 0.388. The predicted molar refractivity (Wildman–Crippen MR) is 92.7 cm³/mol. The number of rotatable bonds is 0. The molecule has 0 amide bonds. The Morgan fingerprint density at radius 1 is 1.18 bits per heavy atom. The van der Waals surface area contributed by atoms with E-state index in [2.05, 4.69) is 0 Å². The maximum Gasteiger partial charge on any atom is 0.309 e. The molecular formula is C20H26O8. The Labute approximate surface area is 162 Å². The van der Waals surface area contributed by atoms with Crippen molar-refractivity contribution in [2.75, 3.05) is 6.61 Å². The van der Waals surface area contributed by atoms with Crippen LogP contribution in [0.5, 0.6) is 0 Å². The molecular weight excluding hydrogens is 368 g/mol. The first-order valence-electron chi connectivity index (χ1n) is 9.77. The second-order valence-corrected chi connectivity index (χ2v) is 9.71. The fourth-order valence-corrected chi connectivity index (χ4v) is 7.49. The first-order chi connectivity index (χ1) is 12.9. The van der Waals surface area contributed by atoms with Crippen molar-refractivity contribution < 1.29 is 39.5 Å². The third kappa shape index (κ3) is 1.61. The van der Waals surface area contributed by atoms with Crippen molar-refractivity contribution in [2.24, 2.45) is 22.7 Å². The lowest BCUT2D eigenvalue weighted by Gasteiger charge is -2.69. The monoisotopic (exact) mass is 394 g/mol. The molecule has 3 aliphatic carbocycles. The fourth-order valence-electron chi connectivity index (χ4n) is 7.49. The normalized spacial score (nSPS) is 59.9. The molecule has 0 radical (unpaired) electrons. The molecule has 0 aromatic carbocycles. The molecule has 0 unspecified atom stereocenters. The Kier molecular flexibility index (Phi) is 3.37. The van der Waals surface area contributed by atoms with Crippen LogP contribution < -0.4 is 0 Å². The molecule has 28 heavy (non-hydrogen) atoms. The topological polar surface area (TPSA) is 134 Å². The lowest BCUT2D eigenvalue weighted by atomic mass is 9.37. The lowest BCUT2D eigenvalue weighted by Crippen LogP contribution is -2.83. The van der Waals surface area contributed by atoms with E-state index in [1.165, 1.54) is 13.0 Å². The van der Waals surface area contributed by atoms with E-state index >= 15 is 0 Å². The van der Waals surface area contributed by atoms with E-state index < -0.39 is 64.1 Å². The minimum Gasteiger partial charge on any atom is -0.461 e. The van der Waals surface area contributed by atoms with Crippen LogP contribution in [0.1, 0.15) is 33.6 Å². The van der Waals surface area contributed by atoms with Gasteiger partial charge in [0.25, 0.3) is 0 Å². The summed E-state index contributed by atoms with van der Waals surface area (Å²) in [4.78, 5) is 24.9. The van der Waals surface area contributed by atoms with Crippen LogP contribution in [0.3, 0.4) is 0 Å². The van der Waals surface area contributed by atoms with E-state index in [1.807, 2.05) is 0 Å². The molecule has 8 heteroatoms. The SMILES string of the molecule is CC1=CC(=O)[C@@H](O)[C@]2(C)[C@H]3[C@@H](O)[C@H](O)[C@@]4(C)OC[C@@]35[C@@H](C[C@@H]12)OC(=O)C[C@@]54O. The van der Waals surface area contributed by atoms with Crippen molar-refractivity contribution >= 4 is 11.8 Å². The van der Waals surface area contributed by atoms with E-state index in [1.54, 1.807) is 13.8 Å². The van der Waals surface area contributed by atoms with Crippen molar-refractivity contribution in [3.63, 3.8) is 0 Å². The zero-order valence-electron chi connectivity index (χ0n) is 16.1. The Morgan fingerprint density at radius 3 is 2.54 bits per heavy atom. The first-order valence-corrected chi connectivity index (χ1v) is 9.77. The van der Waals surface area contributed by atoms with Crippen LogP contribution in [-0.2, 0) is 19.1 Å². The molecule has 4 fully saturated rings. The standard InChI is InChI=1S/C20H26O8/c1-8-4-10(21)15(24)17(2)9(8)5-11-19-7-27-18(3,16(25)13(23)14(17)19)20(19,26)6-12(22)28-11/h4,9,11,13-16,23-26H,5-7H2,1-3H3/t9-,11+,13+,14+,15+,16-,17-,18+,19+,20-/m0/s1. The second-order valence-electron chi connectivity index (χ2n) is 9.71. The molecule has 2 heterocycles. The maximum atomic E-state index is 12.5. The number of carbonyl (C=O) groups is 2. The molecule has 10 atom stereocenters. The number of ketones is 1. The van der Waals surface area contributed by atoms with E-state index in [-0.39, 0.29) is 18.9 Å². The number of ether oxygens (including phenoxy) is 2. The second kappa shape index (κ2) is 5.05. The smallest absolute Gasteiger partial charge is 0.309 e. The highest BCUT2D eigenvalue weighted by Gasteiger charge is 2.86. The van der Waals surface area contributed by atoms with Crippen molar-refractivity contribution in [1.29, 1.82) is 0 Å². The molecule has 2 saturated heterocycles. The minimum atomic E-state index is -1.78. The van der Waals surface area contributed by atoms with Crippen LogP contribution in [0.2, 0.25) is 0 Å². The summed E-state index contributed by atoms with van der Waals surface area (Å²) in [6.45, 7) is 4.97. The number of aliphatic hydroxyl groups excluding tert-OH is 3. The number of hydrogen-bond acceptors (Lipinski definition) is 8. The number of hydrogen-bond donors (Lipinski definition) is 4. The molecule has 2 bridgehead atoms. The van der Waals surface area contributed by atoms with Gasteiger partial charge in [-0.2, -0.15) is 0 Å². The van der Waals surface area contributed by atoms with Gasteiger partial charge in [-0.1, -0.05) is 12.5 Å². The Bertz CT molecular complexity index is 823. The molecule has 8 nitrogen and oxygen atoms in total. The molecule has 2 aliphatic heterocycles. The lowest BCUT2D eigenvalue weighted by molar-refractivity contribution is -0.330. The van der Waals surface area contributed by atoms with E-state index in [0.717, 1.165) is 5.57 Å². The van der Waals surface area contributed by atoms with Gasteiger partial charge in [-0.3, -0.25) is 9.59 Å². The molecule has 1 spiro atoms. The largest absolute Gasteiger partial charge is 0.461 e. The summed E-state index contributed by atoms with van der Waals surface area (Å²) in [5.41, 5.74) is -4.99. The van der Waals surface area contributed by atoms with Gasteiger partial charge in [-0.25, -0.2) is 0 Å². The van der Waals surface area contributed by atoms with Crippen molar-refractivity contribution in [3.05, 3.63) is 11.6 Å². The zero-order valence-corrected chi connectivity index (χ0v) is 16.1. The predicted octanol–water partition coefficient (Wildman–Crippen LogP) is -0.924. The Balaban J connectivity index is 1.81. The van der Waals surface area contributed by atoms with Crippen LogP contribution in [0, 0.1) is 22.7 Å². The van der Waals surface area contributed by atoms with E-state index in [0.29, 0.717) is 6.42 Å². The number of allylic oxidation sites excluding steroid dienone is 1. The Hall–Kier alpha value is -1.32. The van der Waals surface area contributed by atoms with Gasteiger partial charge in [0.1, 0.15) is 29.5 Å². The minimum absolute atomic E-state index is 0.0390. The third-order valence-corrected chi connectivity index (χ3v) is 8.88. The summed E-state index contributed by atoms with van der Waals surface area (Å²) in [6.07, 6.45) is -3.70. The molecule has 4 N–H and O–H groups in total. The van der Waals surface area contributed by atoms with Crippen molar-refractivity contribution in [1.82, 2.24) is 0 Å². The fraction of sp³-hybridized carbons (Fsp3) is 0.800. The average molecular weight is 394 g/mol. The highest BCUT2D eigenvalue weighted by Crippen LogP contribution is 2.73.